The minimum Gasteiger partial charge on any atom is -0.369 e. The first-order valence-corrected chi connectivity index (χ1v) is 8.74. The van der Waals surface area contributed by atoms with Crippen molar-refractivity contribution in [2.24, 2.45) is 0 Å². The Morgan fingerprint density at radius 3 is 2.81 bits per heavy atom. The molecular weight excluding hydrogens is 324 g/mol. The second-order valence-electron chi connectivity index (χ2n) is 5.85. The van der Waals surface area contributed by atoms with E-state index in [-0.39, 0.29) is 0 Å². The molecule has 1 fully saturated rings. The molecule has 0 amide bonds. The first-order valence-electron chi connectivity index (χ1n) is 7.95. The molecule has 2 aromatic carbocycles. The summed E-state index contributed by atoms with van der Waals surface area (Å²) in [4.78, 5) is 2.56. The van der Waals surface area contributed by atoms with E-state index >= 15 is 0 Å². The molecule has 0 spiro atoms. The molecular formula is C18H23BrN2. The number of fused-ring (bicyclic) bond motifs is 1. The van der Waals surface area contributed by atoms with Gasteiger partial charge in [-0.15, -0.1) is 0 Å². The summed E-state index contributed by atoms with van der Waals surface area (Å²) in [5, 5.41) is 6.35. The lowest BCUT2D eigenvalue weighted by atomic mass is 10.1. The van der Waals surface area contributed by atoms with Crippen molar-refractivity contribution in [2.75, 3.05) is 24.5 Å². The van der Waals surface area contributed by atoms with Gasteiger partial charge in [-0.2, -0.15) is 0 Å². The fraction of sp³-hybridized carbons (Fsp3) is 0.444. The van der Waals surface area contributed by atoms with Crippen LogP contribution in [-0.4, -0.2) is 25.7 Å². The molecule has 1 atom stereocenters. The number of nitrogens with one attached hydrogen (secondary N) is 1. The predicted molar refractivity (Wildman–Crippen MR) is 95.2 cm³/mol. The molecule has 3 heteroatoms. The van der Waals surface area contributed by atoms with Crippen LogP contribution in [0, 0.1) is 0 Å². The van der Waals surface area contributed by atoms with Crippen LogP contribution in [0.5, 0.6) is 0 Å². The van der Waals surface area contributed by atoms with Crippen LogP contribution in [0.3, 0.4) is 0 Å². The van der Waals surface area contributed by atoms with Crippen molar-refractivity contribution >= 4 is 32.4 Å². The maximum absolute atomic E-state index is 3.69. The molecule has 21 heavy (non-hydrogen) atoms. The lowest BCUT2D eigenvalue weighted by Gasteiger charge is -2.28. The van der Waals surface area contributed by atoms with E-state index in [0.717, 1.165) is 19.6 Å². The van der Waals surface area contributed by atoms with Crippen LogP contribution in [0.15, 0.2) is 40.9 Å². The average Bonchev–Trinajstić information content (AvgIpc) is 2.74. The molecule has 1 aliphatic rings. The fourth-order valence-electron chi connectivity index (χ4n) is 3.28. The monoisotopic (exact) mass is 346 g/mol. The van der Waals surface area contributed by atoms with Crippen LogP contribution in [0.4, 0.5) is 5.69 Å². The molecule has 1 N–H and O–H groups in total. The SMILES string of the molecule is CCCC1CN(c2ccc(Br)c3ccccc23)CCCN1. The molecule has 112 valence electrons. The van der Waals surface area contributed by atoms with Gasteiger partial charge in [-0.25, -0.2) is 0 Å². The third kappa shape index (κ3) is 3.24. The van der Waals surface area contributed by atoms with E-state index in [4.69, 9.17) is 0 Å². The first-order chi connectivity index (χ1) is 10.3. The quantitative estimate of drug-likeness (QED) is 0.875. The highest BCUT2D eigenvalue weighted by Gasteiger charge is 2.19. The number of hydrogen-bond acceptors (Lipinski definition) is 2. The number of rotatable bonds is 3. The van der Waals surface area contributed by atoms with Crippen LogP contribution in [0.1, 0.15) is 26.2 Å². The normalized spacial score (nSPS) is 19.7. The average molecular weight is 347 g/mol. The largest absolute Gasteiger partial charge is 0.369 e. The minimum atomic E-state index is 0.611. The summed E-state index contributed by atoms with van der Waals surface area (Å²) >= 11 is 3.68. The van der Waals surface area contributed by atoms with Crippen molar-refractivity contribution in [1.82, 2.24) is 5.32 Å². The maximum atomic E-state index is 3.69. The van der Waals surface area contributed by atoms with Crippen LogP contribution in [0.2, 0.25) is 0 Å². The smallest absolute Gasteiger partial charge is 0.0447 e. The Bertz CT molecular complexity index is 611. The molecule has 2 nitrogen and oxygen atoms in total. The second-order valence-corrected chi connectivity index (χ2v) is 6.71. The van der Waals surface area contributed by atoms with Gasteiger partial charge < -0.3 is 10.2 Å². The summed E-state index contributed by atoms with van der Waals surface area (Å²) in [6.07, 6.45) is 3.71. The highest BCUT2D eigenvalue weighted by molar-refractivity contribution is 9.10. The van der Waals surface area contributed by atoms with Crippen LogP contribution >= 0.6 is 15.9 Å². The zero-order valence-corrected chi connectivity index (χ0v) is 14.2. The molecule has 1 saturated heterocycles. The highest BCUT2D eigenvalue weighted by Crippen LogP contribution is 2.32. The van der Waals surface area contributed by atoms with Crippen LogP contribution < -0.4 is 10.2 Å². The van der Waals surface area contributed by atoms with Gasteiger partial charge in [0.15, 0.2) is 0 Å². The molecule has 1 unspecified atom stereocenters. The molecule has 0 aliphatic carbocycles. The molecule has 0 bridgehead atoms. The zero-order valence-electron chi connectivity index (χ0n) is 12.6. The Hall–Kier alpha value is -1.06. The van der Waals surface area contributed by atoms with Gasteiger partial charge in [0, 0.05) is 34.7 Å². The first kappa shape index (κ1) is 14.9. The van der Waals surface area contributed by atoms with E-state index in [0.29, 0.717) is 6.04 Å². The van der Waals surface area contributed by atoms with E-state index in [1.807, 2.05) is 0 Å². The lowest BCUT2D eigenvalue weighted by Crippen LogP contribution is -2.37. The van der Waals surface area contributed by atoms with Gasteiger partial charge in [0.25, 0.3) is 0 Å². The topological polar surface area (TPSA) is 15.3 Å². The molecule has 0 aromatic heterocycles. The summed E-state index contributed by atoms with van der Waals surface area (Å²) < 4.78 is 1.18. The van der Waals surface area contributed by atoms with Crippen molar-refractivity contribution in [1.29, 1.82) is 0 Å². The third-order valence-electron chi connectivity index (χ3n) is 4.30. The second kappa shape index (κ2) is 6.80. The number of benzene rings is 2. The summed E-state index contributed by atoms with van der Waals surface area (Å²) in [7, 11) is 0. The Morgan fingerprint density at radius 1 is 1.19 bits per heavy atom. The van der Waals surface area contributed by atoms with Crippen LogP contribution in [0.25, 0.3) is 10.8 Å². The highest BCUT2D eigenvalue weighted by atomic mass is 79.9. The van der Waals surface area contributed by atoms with Gasteiger partial charge in [0.2, 0.25) is 0 Å². The molecule has 2 aromatic rings. The van der Waals surface area contributed by atoms with Gasteiger partial charge >= 0.3 is 0 Å². The van der Waals surface area contributed by atoms with Crippen molar-refractivity contribution < 1.29 is 0 Å². The number of hydrogen-bond donors (Lipinski definition) is 1. The van der Waals surface area contributed by atoms with E-state index < -0.39 is 0 Å². The van der Waals surface area contributed by atoms with Crippen molar-refractivity contribution in [2.45, 2.75) is 32.2 Å². The van der Waals surface area contributed by atoms with E-state index in [1.165, 1.54) is 40.2 Å². The molecule has 1 heterocycles. The van der Waals surface area contributed by atoms with Gasteiger partial charge in [-0.05, 0) is 36.9 Å². The van der Waals surface area contributed by atoms with E-state index in [9.17, 15) is 0 Å². The number of nitrogens with zero attached hydrogens (tertiary/aromatic N) is 1. The lowest BCUT2D eigenvalue weighted by molar-refractivity contribution is 0.503. The van der Waals surface area contributed by atoms with Crippen molar-refractivity contribution in [3.8, 4) is 0 Å². The molecule has 3 rings (SSSR count). The van der Waals surface area contributed by atoms with Gasteiger partial charge in [-0.1, -0.05) is 53.5 Å². The minimum absolute atomic E-state index is 0.611. The van der Waals surface area contributed by atoms with Gasteiger partial charge in [0.1, 0.15) is 0 Å². The number of anilines is 1. The van der Waals surface area contributed by atoms with Crippen LogP contribution in [-0.2, 0) is 0 Å². The predicted octanol–water partition coefficient (Wildman–Crippen LogP) is 4.57. The van der Waals surface area contributed by atoms with Crippen molar-refractivity contribution in [3.63, 3.8) is 0 Å². The molecule has 0 radical (unpaired) electrons. The van der Waals surface area contributed by atoms with E-state index in [2.05, 4.69) is 69.5 Å². The maximum Gasteiger partial charge on any atom is 0.0447 e. The summed E-state index contributed by atoms with van der Waals surface area (Å²) in [5.41, 5.74) is 1.37. The molecule has 0 saturated carbocycles. The summed E-state index contributed by atoms with van der Waals surface area (Å²) in [6.45, 7) is 5.65. The van der Waals surface area contributed by atoms with Gasteiger partial charge in [-0.3, -0.25) is 0 Å². The number of halogens is 1. The summed E-state index contributed by atoms with van der Waals surface area (Å²) in [5.74, 6) is 0. The standard InChI is InChI=1S/C18H23BrN2/c1-2-6-14-13-21(12-5-11-20-14)18-10-9-17(19)15-7-3-4-8-16(15)18/h3-4,7-10,14,20H,2,5-6,11-13H2,1H3. The summed E-state index contributed by atoms with van der Waals surface area (Å²) in [6, 6.07) is 13.7. The van der Waals surface area contributed by atoms with Gasteiger partial charge in [0.05, 0.1) is 0 Å². The Kier molecular flexibility index (Phi) is 4.81. The van der Waals surface area contributed by atoms with Crippen molar-refractivity contribution in [3.05, 3.63) is 40.9 Å². The third-order valence-corrected chi connectivity index (χ3v) is 5.00. The zero-order chi connectivity index (χ0) is 14.7. The fourth-order valence-corrected chi connectivity index (χ4v) is 3.76. The van der Waals surface area contributed by atoms with E-state index in [1.54, 1.807) is 0 Å². The molecule has 1 aliphatic heterocycles. The Labute approximate surface area is 135 Å². The Balaban J connectivity index is 1.97. The Morgan fingerprint density at radius 2 is 2.00 bits per heavy atom.